The van der Waals surface area contributed by atoms with E-state index in [1.807, 2.05) is 0 Å². The number of likely N-dealkylation sites (N-methyl/N-ethyl adjacent to an activating group) is 1. The molecular weight excluding hydrogens is 250 g/mol. The van der Waals surface area contributed by atoms with E-state index < -0.39 is 0 Å². The molecule has 0 aromatic carbocycles. The van der Waals surface area contributed by atoms with Crippen LogP contribution in [0.15, 0.2) is 0 Å². The summed E-state index contributed by atoms with van der Waals surface area (Å²) in [5.74, 6) is 1.58. The molecule has 0 aromatic rings. The second-order valence-corrected chi connectivity index (χ2v) is 6.89. The van der Waals surface area contributed by atoms with Gasteiger partial charge in [-0.25, -0.2) is 0 Å². The third-order valence-corrected chi connectivity index (χ3v) is 3.94. The second kappa shape index (κ2) is 9.35. The van der Waals surface area contributed by atoms with E-state index in [0.717, 1.165) is 38.4 Å². The van der Waals surface area contributed by atoms with Crippen molar-refractivity contribution in [3.63, 3.8) is 0 Å². The van der Waals surface area contributed by atoms with Crippen molar-refractivity contribution in [3.8, 4) is 0 Å². The maximum absolute atomic E-state index is 12.1. The standard InChI is InChI=1S/C16H33N3O/c1-13(2)11-15(12-19(3)4)18-16(20)6-5-14-7-9-17-10-8-14/h13-15,17H,5-12H2,1-4H3,(H,18,20). The van der Waals surface area contributed by atoms with Crippen molar-refractivity contribution in [2.75, 3.05) is 33.7 Å². The maximum Gasteiger partial charge on any atom is 0.220 e. The summed E-state index contributed by atoms with van der Waals surface area (Å²) in [6.07, 6.45) is 5.23. The van der Waals surface area contributed by atoms with Gasteiger partial charge in [0.05, 0.1) is 0 Å². The third kappa shape index (κ3) is 7.85. The number of rotatable bonds is 8. The first-order chi connectivity index (χ1) is 9.47. The molecule has 2 N–H and O–H groups in total. The highest BCUT2D eigenvalue weighted by molar-refractivity contribution is 5.76. The van der Waals surface area contributed by atoms with Gasteiger partial charge in [0.2, 0.25) is 5.91 Å². The van der Waals surface area contributed by atoms with Crippen molar-refractivity contribution in [2.24, 2.45) is 11.8 Å². The fraction of sp³-hybridized carbons (Fsp3) is 0.938. The molecule has 118 valence electrons. The second-order valence-electron chi connectivity index (χ2n) is 6.89. The van der Waals surface area contributed by atoms with Gasteiger partial charge in [0.15, 0.2) is 0 Å². The highest BCUT2D eigenvalue weighted by atomic mass is 16.1. The van der Waals surface area contributed by atoms with Crippen LogP contribution in [0.2, 0.25) is 0 Å². The van der Waals surface area contributed by atoms with E-state index in [0.29, 0.717) is 12.3 Å². The molecule has 0 aliphatic carbocycles. The molecule has 4 heteroatoms. The van der Waals surface area contributed by atoms with Crippen LogP contribution in [-0.2, 0) is 4.79 Å². The van der Waals surface area contributed by atoms with E-state index in [1.165, 1.54) is 12.8 Å². The number of hydrogen-bond donors (Lipinski definition) is 2. The van der Waals surface area contributed by atoms with Gasteiger partial charge in [0.1, 0.15) is 0 Å². The zero-order valence-electron chi connectivity index (χ0n) is 13.7. The predicted octanol–water partition coefficient (Wildman–Crippen LogP) is 1.86. The third-order valence-electron chi connectivity index (χ3n) is 3.94. The number of piperidine rings is 1. The van der Waals surface area contributed by atoms with Crippen LogP contribution in [0.5, 0.6) is 0 Å². The number of hydrogen-bond acceptors (Lipinski definition) is 3. The van der Waals surface area contributed by atoms with E-state index in [1.54, 1.807) is 0 Å². The minimum absolute atomic E-state index is 0.232. The summed E-state index contributed by atoms with van der Waals surface area (Å²) in [6.45, 7) is 7.58. The maximum atomic E-state index is 12.1. The molecule has 1 fully saturated rings. The van der Waals surface area contributed by atoms with Crippen LogP contribution in [0.4, 0.5) is 0 Å². The molecule has 1 heterocycles. The molecule has 0 saturated carbocycles. The zero-order chi connectivity index (χ0) is 15.0. The monoisotopic (exact) mass is 283 g/mol. The van der Waals surface area contributed by atoms with Gasteiger partial charge >= 0.3 is 0 Å². The molecule has 1 unspecified atom stereocenters. The molecule has 0 aromatic heterocycles. The molecule has 1 aliphatic heterocycles. The van der Waals surface area contributed by atoms with Crippen molar-refractivity contribution in [1.29, 1.82) is 0 Å². The van der Waals surface area contributed by atoms with Crippen LogP contribution in [0.1, 0.15) is 46.0 Å². The van der Waals surface area contributed by atoms with Crippen molar-refractivity contribution in [1.82, 2.24) is 15.5 Å². The summed E-state index contributed by atoms with van der Waals surface area (Å²) in [7, 11) is 4.13. The lowest BCUT2D eigenvalue weighted by Gasteiger charge is -2.25. The number of nitrogens with one attached hydrogen (secondary N) is 2. The highest BCUT2D eigenvalue weighted by Gasteiger charge is 2.17. The Labute approximate surface area is 124 Å². The highest BCUT2D eigenvalue weighted by Crippen LogP contribution is 2.17. The normalized spacial score (nSPS) is 18.5. The number of carbonyl (C=O) groups is 1. The largest absolute Gasteiger partial charge is 0.352 e. The number of nitrogens with zero attached hydrogens (tertiary/aromatic N) is 1. The van der Waals surface area contributed by atoms with Crippen molar-refractivity contribution in [2.45, 2.75) is 52.0 Å². The smallest absolute Gasteiger partial charge is 0.220 e. The predicted molar refractivity (Wildman–Crippen MR) is 84.8 cm³/mol. The summed E-state index contributed by atoms with van der Waals surface area (Å²) >= 11 is 0. The minimum Gasteiger partial charge on any atom is -0.352 e. The number of amides is 1. The van der Waals surface area contributed by atoms with Crippen LogP contribution in [0, 0.1) is 11.8 Å². The van der Waals surface area contributed by atoms with Crippen molar-refractivity contribution in [3.05, 3.63) is 0 Å². The van der Waals surface area contributed by atoms with E-state index in [9.17, 15) is 4.79 Å². The van der Waals surface area contributed by atoms with Gasteiger partial charge in [-0.05, 0) is 64.7 Å². The Morgan fingerprint density at radius 3 is 2.50 bits per heavy atom. The Balaban J connectivity index is 2.28. The molecule has 20 heavy (non-hydrogen) atoms. The van der Waals surface area contributed by atoms with Crippen LogP contribution in [0.3, 0.4) is 0 Å². The van der Waals surface area contributed by atoms with Crippen LogP contribution in [-0.4, -0.2) is 50.6 Å². The fourth-order valence-electron chi connectivity index (χ4n) is 2.99. The van der Waals surface area contributed by atoms with Gasteiger partial charge in [0, 0.05) is 19.0 Å². The number of carbonyl (C=O) groups excluding carboxylic acids is 1. The van der Waals surface area contributed by atoms with Crippen molar-refractivity contribution < 1.29 is 4.79 Å². The average molecular weight is 283 g/mol. The summed E-state index contributed by atoms with van der Waals surface area (Å²) < 4.78 is 0. The van der Waals surface area contributed by atoms with E-state index >= 15 is 0 Å². The molecule has 0 spiro atoms. The lowest BCUT2D eigenvalue weighted by atomic mass is 9.93. The van der Waals surface area contributed by atoms with Gasteiger partial charge in [-0.15, -0.1) is 0 Å². The lowest BCUT2D eigenvalue weighted by molar-refractivity contribution is -0.122. The van der Waals surface area contributed by atoms with E-state index in [-0.39, 0.29) is 11.9 Å². The van der Waals surface area contributed by atoms with Crippen LogP contribution in [0.25, 0.3) is 0 Å². The Hall–Kier alpha value is -0.610. The van der Waals surface area contributed by atoms with Gasteiger partial charge in [-0.3, -0.25) is 4.79 Å². The van der Waals surface area contributed by atoms with Gasteiger partial charge < -0.3 is 15.5 Å². The Morgan fingerprint density at radius 1 is 1.30 bits per heavy atom. The van der Waals surface area contributed by atoms with Gasteiger partial charge in [-0.2, -0.15) is 0 Å². The summed E-state index contributed by atoms with van der Waals surface area (Å²) in [5.41, 5.74) is 0. The molecule has 1 amide bonds. The lowest BCUT2D eigenvalue weighted by Crippen LogP contribution is -2.42. The van der Waals surface area contributed by atoms with E-state index in [2.05, 4.69) is 43.5 Å². The van der Waals surface area contributed by atoms with Gasteiger partial charge in [-0.1, -0.05) is 13.8 Å². The molecular formula is C16H33N3O. The first kappa shape index (κ1) is 17.4. The van der Waals surface area contributed by atoms with Crippen molar-refractivity contribution >= 4 is 5.91 Å². The molecule has 1 aliphatic rings. The Morgan fingerprint density at radius 2 is 1.95 bits per heavy atom. The van der Waals surface area contributed by atoms with Crippen LogP contribution >= 0.6 is 0 Å². The first-order valence-electron chi connectivity index (χ1n) is 8.12. The zero-order valence-corrected chi connectivity index (χ0v) is 13.7. The molecule has 1 atom stereocenters. The first-order valence-corrected chi connectivity index (χ1v) is 8.12. The molecule has 0 radical (unpaired) electrons. The molecule has 1 rings (SSSR count). The summed E-state index contributed by atoms with van der Waals surface area (Å²) in [6, 6.07) is 0.283. The Bertz CT molecular complexity index is 263. The quantitative estimate of drug-likeness (QED) is 0.714. The fourth-order valence-corrected chi connectivity index (χ4v) is 2.99. The van der Waals surface area contributed by atoms with Crippen LogP contribution < -0.4 is 10.6 Å². The molecule has 1 saturated heterocycles. The van der Waals surface area contributed by atoms with E-state index in [4.69, 9.17) is 0 Å². The Kier molecular flexibility index (Phi) is 8.15. The van der Waals surface area contributed by atoms with Gasteiger partial charge in [0.25, 0.3) is 0 Å². The SMILES string of the molecule is CC(C)CC(CN(C)C)NC(=O)CCC1CCNCC1. The molecule has 4 nitrogen and oxygen atoms in total. The molecule has 0 bridgehead atoms. The minimum atomic E-state index is 0.232. The summed E-state index contributed by atoms with van der Waals surface area (Å²) in [5, 5.41) is 6.59. The average Bonchev–Trinajstić information content (AvgIpc) is 2.36. The summed E-state index contributed by atoms with van der Waals surface area (Å²) in [4.78, 5) is 14.3. The topological polar surface area (TPSA) is 44.4 Å².